The molecule has 3 aliphatic rings. The highest BCUT2D eigenvalue weighted by molar-refractivity contribution is 7.09. The molecule has 1 saturated carbocycles. The summed E-state index contributed by atoms with van der Waals surface area (Å²) in [5.74, 6) is 2.53. The second kappa shape index (κ2) is 6.62. The van der Waals surface area contributed by atoms with E-state index in [0.717, 1.165) is 28.6 Å². The summed E-state index contributed by atoms with van der Waals surface area (Å²) in [6.45, 7) is 2.53. The van der Waals surface area contributed by atoms with Gasteiger partial charge < -0.3 is 4.74 Å². The highest BCUT2D eigenvalue weighted by Gasteiger charge is 2.39. The number of hydrogen-bond acceptors (Lipinski definition) is 6. The molecule has 3 aliphatic carbocycles. The van der Waals surface area contributed by atoms with E-state index in [9.17, 15) is 0 Å². The molecular weight excluding hydrogens is 382 g/mol. The number of hydrogen-bond donors (Lipinski definition) is 0. The maximum atomic E-state index is 6.31. The molecule has 146 valence electrons. The molecule has 0 amide bonds. The van der Waals surface area contributed by atoms with Gasteiger partial charge in [-0.15, -0.1) is 26.6 Å². The second-order valence-electron chi connectivity index (χ2n) is 7.95. The lowest BCUT2D eigenvalue weighted by atomic mass is 9.67. The van der Waals surface area contributed by atoms with Crippen LogP contribution in [0.4, 0.5) is 0 Å². The highest BCUT2D eigenvalue weighted by Crippen LogP contribution is 2.53. The summed E-state index contributed by atoms with van der Waals surface area (Å²) in [6, 6.07) is 10.1. The fourth-order valence-corrected chi connectivity index (χ4v) is 5.45. The SMILES string of the molecule is Cc1scnc1COc1nn2c(-c3ccccc3)nnc2c2c1C1CCC2CC1. The smallest absolute Gasteiger partial charge is 0.236 e. The van der Waals surface area contributed by atoms with Crippen LogP contribution in [0.15, 0.2) is 35.8 Å². The molecule has 1 fully saturated rings. The Morgan fingerprint density at radius 1 is 1.03 bits per heavy atom. The number of rotatable bonds is 4. The van der Waals surface area contributed by atoms with Crippen molar-refractivity contribution in [3.05, 3.63) is 57.5 Å². The fraction of sp³-hybridized carbons (Fsp3) is 0.364. The fourth-order valence-electron chi connectivity index (χ4n) is 4.87. The third-order valence-corrected chi connectivity index (χ3v) is 7.16. The van der Waals surface area contributed by atoms with E-state index in [2.05, 4.69) is 22.1 Å². The number of aryl methyl sites for hydroxylation is 1. The molecule has 0 unspecified atom stereocenters. The largest absolute Gasteiger partial charge is 0.470 e. The Morgan fingerprint density at radius 2 is 1.79 bits per heavy atom. The molecule has 0 aliphatic heterocycles. The third-order valence-electron chi connectivity index (χ3n) is 6.36. The average Bonchev–Trinajstić information content (AvgIpc) is 3.39. The quantitative estimate of drug-likeness (QED) is 0.485. The molecule has 0 atom stereocenters. The van der Waals surface area contributed by atoms with Crippen LogP contribution >= 0.6 is 11.3 Å². The molecule has 0 spiro atoms. The summed E-state index contributed by atoms with van der Waals surface area (Å²) in [6.07, 6.45) is 4.85. The van der Waals surface area contributed by atoms with Crippen LogP contribution < -0.4 is 4.74 Å². The van der Waals surface area contributed by atoms with Crippen LogP contribution in [0.1, 0.15) is 59.2 Å². The van der Waals surface area contributed by atoms with Gasteiger partial charge in [0, 0.05) is 21.6 Å². The summed E-state index contributed by atoms with van der Waals surface area (Å²) in [7, 11) is 0. The number of fused-ring (bicyclic) bond motifs is 3. The van der Waals surface area contributed by atoms with Crippen molar-refractivity contribution in [2.75, 3.05) is 0 Å². The summed E-state index contributed by atoms with van der Waals surface area (Å²) >= 11 is 1.65. The summed E-state index contributed by atoms with van der Waals surface area (Å²) in [5, 5.41) is 14.0. The minimum Gasteiger partial charge on any atom is -0.470 e. The summed E-state index contributed by atoms with van der Waals surface area (Å²) < 4.78 is 8.19. The van der Waals surface area contributed by atoms with Crippen LogP contribution in [-0.4, -0.2) is 24.8 Å². The monoisotopic (exact) mass is 403 g/mol. The Morgan fingerprint density at radius 3 is 2.52 bits per heavy atom. The first kappa shape index (κ1) is 17.1. The molecule has 7 rings (SSSR count). The van der Waals surface area contributed by atoms with Crippen LogP contribution in [0.5, 0.6) is 5.88 Å². The lowest BCUT2D eigenvalue weighted by molar-refractivity contribution is 0.265. The Labute approximate surface area is 172 Å². The molecule has 3 aromatic heterocycles. The first-order valence-corrected chi connectivity index (χ1v) is 11.0. The van der Waals surface area contributed by atoms with Crippen molar-refractivity contribution in [1.29, 1.82) is 0 Å². The van der Waals surface area contributed by atoms with Gasteiger partial charge in [-0.25, -0.2) is 4.98 Å². The van der Waals surface area contributed by atoms with Crippen LogP contribution in [0.25, 0.3) is 17.0 Å². The maximum absolute atomic E-state index is 6.31. The first-order valence-electron chi connectivity index (χ1n) is 10.2. The van der Waals surface area contributed by atoms with Gasteiger partial charge in [0.15, 0.2) is 11.5 Å². The Balaban J connectivity index is 1.52. The molecule has 6 nitrogen and oxygen atoms in total. The molecule has 29 heavy (non-hydrogen) atoms. The van der Waals surface area contributed by atoms with E-state index in [1.54, 1.807) is 11.3 Å². The number of ether oxygens (including phenoxy) is 1. The molecule has 4 aromatic rings. The van der Waals surface area contributed by atoms with Crippen molar-refractivity contribution in [1.82, 2.24) is 24.8 Å². The van der Waals surface area contributed by atoms with E-state index in [1.807, 2.05) is 40.4 Å². The van der Waals surface area contributed by atoms with Crippen molar-refractivity contribution in [2.24, 2.45) is 0 Å². The lowest BCUT2D eigenvalue weighted by Gasteiger charge is -2.38. The van der Waals surface area contributed by atoms with Crippen LogP contribution in [-0.2, 0) is 6.61 Å². The summed E-state index contributed by atoms with van der Waals surface area (Å²) in [4.78, 5) is 5.63. The van der Waals surface area contributed by atoms with E-state index in [4.69, 9.17) is 9.84 Å². The highest BCUT2D eigenvalue weighted by atomic mass is 32.1. The predicted molar refractivity (Wildman–Crippen MR) is 111 cm³/mol. The molecule has 3 heterocycles. The second-order valence-corrected chi connectivity index (χ2v) is 9.01. The number of nitrogens with zero attached hydrogens (tertiary/aromatic N) is 5. The van der Waals surface area contributed by atoms with Crippen LogP contribution in [0, 0.1) is 6.92 Å². The zero-order valence-electron chi connectivity index (χ0n) is 16.2. The summed E-state index contributed by atoms with van der Waals surface area (Å²) in [5.41, 5.74) is 7.33. The maximum Gasteiger partial charge on any atom is 0.236 e. The van der Waals surface area contributed by atoms with Gasteiger partial charge in [-0.1, -0.05) is 30.3 Å². The van der Waals surface area contributed by atoms with Crippen molar-refractivity contribution in [3.63, 3.8) is 0 Å². The standard InChI is InChI=1S/C22H21N5OS/c1-13-17(23-12-29-13)11-28-22-19-15-9-7-14(8-10-15)18(19)21-25-24-20(27(21)26-22)16-5-3-2-4-6-16/h2-6,12,14-15H,7-11H2,1H3. The number of benzene rings is 1. The zero-order valence-corrected chi connectivity index (χ0v) is 17.0. The number of thiazole rings is 1. The van der Waals surface area contributed by atoms with E-state index in [-0.39, 0.29) is 0 Å². The van der Waals surface area contributed by atoms with Gasteiger partial charge >= 0.3 is 0 Å². The predicted octanol–water partition coefficient (Wildman–Crippen LogP) is 4.89. The van der Waals surface area contributed by atoms with Gasteiger partial charge in [-0.3, -0.25) is 0 Å². The van der Waals surface area contributed by atoms with E-state index < -0.39 is 0 Å². The molecule has 7 heteroatoms. The van der Waals surface area contributed by atoms with Gasteiger partial charge in [-0.05, 0) is 44.4 Å². The van der Waals surface area contributed by atoms with Gasteiger partial charge in [0.05, 0.1) is 11.2 Å². The minimum absolute atomic E-state index is 0.445. The Bertz CT molecular complexity index is 1190. The lowest BCUT2D eigenvalue weighted by Crippen LogP contribution is -2.25. The Kier molecular flexibility index (Phi) is 3.90. The molecule has 2 bridgehead atoms. The van der Waals surface area contributed by atoms with Gasteiger partial charge in [0.1, 0.15) is 6.61 Å². The number of aromatic nitrogens is 5. The van der Waals surface area contributed by atoms with Crippen molar-refractivity contribution >= 4 is 17.0 Å². The van der Waals surface area contributed by atoms with E-state index in [1.165, 1.54) is 41.7 Å². The van der Waals surface area contributed by atoms with Crippen LogP contribution in [0.2, 0.25) is 0 Å². The van der Waals surface area contributed by atoms with Crippen molar-refractivity contribution < 1.29 is 4.74 Å². The average molecular weight is 404 g/mol. The molecule has 0 saturated heterocycles. The molecular formula is C22H21N5OS. The van der Waals surface area contributed by atoms with E-state index >= 15 is 0 Å². The van der Waals surface area contributed by atoms with E-state index in [0.29, 0.717) is 18.4 Å². The van der Waals surface area contributed by atoms with Gasteiger partial charge in [0.25, 0.3) is 0 Å². The third kappa shape index (κ3) is 2.68. The minimum atomic E-state index is 0.445. The first-order chi connectivity index (χ1) is 14.3. The normalized spacial score (nSPS) is 20.2. The van der Waals surface area contributed by atoms with Gasteiger partial charge in [-0.2, -0.15) is 4.52 Å². The van der Waals surface area contributed by atoms with Crippen molar-refractivity contribution in [3.8, 4) is 17.3 Å². The van der Waals surface area contributed by atoms with Crippen LogP contribution in [0.3, 0.4) is 0 Å². The zero-order chi connectivity index (χ0) is 19.4. The topological polar surface area (TPSA) is 65.2 Å². The molecule has 1 aromatic carbocycles. The molecule has 0 N–H and O–H groups in total. The molecule has 0 radical (unpaired) electrons. The Hall–Kier alpha value is -2.80. The van der Waals surface area contributed by atoms with Crippen molar-refractivity contribution in [2.45, 2.75) is 51.0 Å². The van der Waals surface area contributed by atoms with Gasteiger partial charge in [0.2, 0.25) is 5.88 Å².